The Kier molecular flexibility index (Phi) is 1.06. The summed E-state index contributed by atoms with van der Waals surface area (Å²) in [6, 6.07) is 0. The number of ether oxygens (including phenoxy) is 1. The Bertz CT molecular complexity index is 188. The van der Waals surface area contributed by atoms with E-state index in [0.29, 0.717) is 18.1 Å². The molecule has 3 aliphatic rings. The van der Waals surface area contributed by atoms with Gasteiger partial charge in [-0.3, -0.25) is 0 Å². The Morgan fingerprint density at radius 2 is 2.09 bits per heavy atom. The van der Waals surface area contributed by atoms with E-state index in [-0.39, 0.29) is 5.54 Å². The molecule has 0 aromatic heterocycles. The summed E-state index contributed by atoms with van der Waals surface area (Å²) in [5, 5.41) is 0. The molecule has 0 aromatic carbocycles. The third-order valence-corrected chi connectivity index (χ3v) is 3.67. The first-order valence-electron chi connectivity index (χ1n) is 4.72. The zero-order valence-electron chi connectivity index (χ0n) is 6.75. The summed E-state index contributed by atoms with van der Waals surface area (Å²) in [6.45, 7) is 0. The van der Waals surface area contributed by atoms with Crippen LogP contribution in [0.5, 0.6) is 0 Å². The van der Waals surface area contributed by atoms with Crippen molar-refractivity contribution in [3.8, 4) is 0 Å². The molecule has 2 N–H and O–H groups in total. The molecule has 2 heterocycles. The minimum absolute atomic E-state index is 0.208. The topological polar surface area (TPSA) is 35.2 Å². The molecule has 0 aromatic rings. The van der Waals surface area contributed by atoms with E-state index in [2.05, 4.69) is 0 Å². The Hall–Kier alpha value is -0.0800. The summed E-state index contributed by atoms with van der Waals surface area (Å²) in [4.78, 5) is 0. The molecule has 3 unspecified atom stereocenters. The number of rotatable bonds is 1. The number of nitrogens with two attached hydrogens (primary N) is 1. The van der Waals surface area contributed by atoms with Crippen molar-refractivity contribution in [3.63, 3.8) is 0 Å². The fourth-order valence-corrected chi connectivity index (χ4v) is 2.76. The van der Waals surface area contributed by atoms with Gasteiger partial charge in [0.15, 0.2) is 0 Å². The molecule has 2 aliphatic heterocycles. The Labute approximate surface area is 67.1 Å². The van der Waals surface area contributed by atoms with Gasteiger partial charge in [-0.25, -0.2) is 0 Å². The lowest BCUT2D eigenvalue weighted by atomic mass is 9.82. The van der Waals surface area contributed by atoms with Gasteiger partial charge in [-0.05, 0) is 32.1 Å². The first-order valence-corrected chi connectivity index (χ1v) is 4.72. The highest BCUT2D eigenvalue weighted by Gasteiger charge is 2.55. The minimum Gasteiger partial charge on any atom is -0.375 e. The summed E-state index contributed by atoms with van der Waals surface area (Å²) >= 11 is 0. The first-order chi connectivity index (χ1) is 5.28. The third kappa shape index (κ3) is 0.798. The Balaban J connectivity index is 1.81. The predicted molar refractivity (Wildman–Crippen MR) is 42.2 cm³/mol. The van der Waals surface area contributed by atoms with E-state index >= 15 is 0 Å². The average Bonchev–Trinajstić information content (AvgIpc) is 2.52. The van der Waals surface area contributed by atoms with Gasteiger partial charge in [0.2, 0.25) is 0 Å². The van der Waals surface area contributed by atoms with Gasteiger partial charge in [-0.1, -0.05) is 0 Å². The standard InChI is InChI=1S/C9H15NO/c10-9(3-4-9)7-5-6-1-2-8(7)11-6/h6-8H,1-5,10H2. The zero-order chi connectivity index (χ0) is 7.47. The van der Waals surface area contributed by atoms with Gasteiger partial charge >= 0.3 is 0 Å². The molecule has 62 valence electrons. The Morgan fingerprint density at radius 3 is 2.55 bits per heavy atom. The highest BCUT2D eigenvalue weighted by Crippen LogP contribution is 2.51. The highest BCUT2D eigenvalue weighted by molar-refractivity contribution is 5.10. The van der Waals surface area contributed by atoms with Crippen LogP contribution in [0.2, 0.25) is 0 Å². The normalized spacial score (nSPS) is 51.5. The van der Waals surface area contributed by atoms with Crippen molar-refractivity contribution in [2.24, 2.45) is 11.7 Å². The van der Waals surface area contributed by atoms with E-state index in [1.165, 1.54) is 32.1 Å². The molecule has 3 rings (SSSR count). The maximum atomic E-state index is 6.16. The zero-order valence-corrected chi connectivity index (χ0v) is 6.75. The quantitative estimate of drug-likeness (QED) is 0.611. The second-order valence-electron chi connectivity index (χ2n) is 4.45. The molecule has 0 spiro atoms. The molecule has 2 saturated heterocycles. The van der Waals surface area contributed by atoms with Gasteiger partial charge in [0.25, 0.3) is 0 Å². The lowest BCUT2D eigenvalue weighted by Gasteiger charge is -2.24. The van der Waals surface area contributed by atoms with Crippen LogP contribution in [0.15, 0.2) is 0 Å². The molecule has 2 nitrogen and oxygen atoms in total. The maximum Gasteiger partial charge on any atom is 0.0626 e. The van der Waals surface area contributed by atoms with Crippen LogP contribution >= 0.6 is 0 Å². The molecular formula is C9H15NO. The van der Waals surface area contributed by atoms with Crippen LogP contribution in [0, 0.1) is 5.92 Å². The molecule has 1 aliphatic carbocycles. The van der Waals surface area contributed by atoms with Crippen LogP contribution in [0.25, 0.3) is 0 Å². The first kappa shape index (κ1) is 6.44. The second kappa shape index (κ2) is 1.80. The number of hydrogen-bond donors (Lipinski definition) is 1. The van der Waals surface area contributed by atoms with Crippen molar-refractivity contribution in [3.05, 3.63) is 0 Å². The molecule has 3 fully saturated rings. The van der Waals surface area contributed by atoms with Crippen molar-refractivity contribution in [1.82, 2.24) is 0 Å². The van der Waals surface area contributed by atoms with Gasteiger partial charge < -0.3 is 10.5 Å². The van der Waals surface area contributed by atoms with E-state index in [1.807, 2.05) is 0 Å². The van der Waals surface area contributed by atoms with E-state index in [4.69, 9.17) is 10.5 Å². The predicted octanol–water partition coefficient (Wildman–Crippen LogP) is 1.05. The summed E-state index contributed by atoms with van der Waals surface area (Å²) < 4.78 is 5.77. The molecular weight excluding hydrogens is 138 g/mol. The average molecular weight is 153 g/mol. The largest absolute Gasteiger partial charge is 0.375 e. The SMILES string of the molecule is NC1(C2CC3CCC2O3)CC1. The van der Waals surface area contributed by atoms with Crippen LogP contribution < -0.4 is 5.73 Å². The molecule has 0 radical (unpaired) electrons. The lowest BCUT2D eigenvalue weighted by molar-refractivity contribution is 0.0868. The third-order valence-electron chi connectivity index (χ3n) is 3.67. The van der Waals surface area contributed by atoms with Crippen molar-refractivity contribution >= 4 is 0 Å². The van der Waals surface area contributed by atoms with E-state index < -0.39 is 0 Å². The fraction of sp³-hybridized carbons (Fsp3) is 1.00. The second-order valence-corrected chi connectivity index (χ2v) is 4.45. The Morgan fingerprint density at radius 1 is 1.27 bits per heavy atom. The van der Waals surface area contributed by atoms with Crippen molar-refractivity contribution < 1.29 is 4.74 Å². The molecule has 3 atom stereocenters. The number of fused-ring (bicyclic) bond motifs is 2. The molecule has 2 heteroatoms. The van der Waals surface area contributed by atoms with Crippen molar-refractivity contribution in [2.75, 3.05) is 0 Å². The number of hydrogen-bond acceptors (Lipinski definition) is 2. The summed E-state index contributed by atoms with van der Waals surface area (Å²) in [6.07, 6.45) is 7.40. The minimum atomic E-state index is 0.208. The molecule has 2 bridgehead atoms. The van der Waals surface area contributed by atoms with Gasteiger partial charge in [0.05, 0.1) is 12.2 Å². The van der Waals surface area contributed by atoms with E-state index in [9.17, 15) is 0 Å². The summed E-state index contributed by atoms with van der Waals surface area (Å²) in [7, 11) is 0. The summed E-state index contributed by atoms with van der Waals surface area (Å²) in [5.74, 6) is 0.709. The monoisotopic (exact) mass is 153 g/mol. The van der Waals surface area contributed by atoms with Gasteiger partial charge in [-0.2, -0.15) is 0 Å². The lowest BCUT2D eigenvalue weighted by Crippen LogP contribution is -2.38. The summed E-state index contributed by atoms with van der Waals surface area (Å²) in [5.41, 5.74) is 6.37. The van der Waals surface area contributed by atoms with Crippen molar-refractivity contribution in [1.29, 1.82) is 0 Å². The molecule has 11 heavy (non-hydrogen) atoms. The van der Waals surface area contributed by atoms with Crippen LogP contribution in [0.4, 0.5) is 0 Å². The van der Waals surface area contributed by atoms with E-state index in [1.54, 1.807) is 0 Å². The van der Waals surface area contributed by atoms with E-state index in [0.717, 1.165) is 0 Å². The van der Waals surface area contributed by atoms with Crippen molar-refractivity contribution in [2.45, 2.75) is 49.9 Å². The van der Waals surface area contributed by atoms with Crippen LogP contribution in [0.3, 0.4) is 0 Å². The molecule has 0 amide bonds. The van der Waals surface area contributed by atoms with Gasteiger partial charge in [0.1, 0.15) is 0 Å². The van der Waals surface area contributed by atoms with Gasteiger partial charge in [0, 0.05) is 11.5 Å². The highest BCUT2D eigenvalue weighted by atomic mass is 16.5. The molecule has 1 saturated carbocycles. The van der Waals surface area contributed by atoms with Crippen LogP contribution in [0.1, 0.15) is 32.1 Å². The fourth-order valence-electron chi connectivity index (χ4n) is 2.76. The smallest absolute Gasteiger partial charge is 0.0626 e. The van der Waals surface area contributed by atoms with Crippen LogP contribution in [-0.4, -0.2) is 17.7 Å². The van der Waals surface area contributed by atoms with Gasteiger partial charge in [-0.15, -0.1) is 0 Å². The maximum absolute atomic E-state index is 6.16. The van der Waals surface area contributed by atoms with Crippen LogP contribution in [-0.2, 0) is 4.74 Å².